The van der Waals surface area contributed by atoms with E-state index in [-0.39, 0.29) is 19.1 Å². The smallest absolute Gasteiger partial charge is 0.268 e. The van der Waals surface area contributed by atoms with Crippen molar-refractivity contribution < 1.29 is 32.9 Å². The van der Waals surface area contributed by atoms with E-state index in [4.69, 9.17) is 9.05 Å². The Hall–Kier alpha value is -0.500. The summed E-state index contributed by atoms with van der Waals surface area (Å²) in [5, 5.41) is 13.8. The fourth-order valence-corrected chi connectivity index (χ4v) is 6.59. The van der Waals surface area contributed by atoms with Gasteiger partial charge in [-0.05, 0) is 12.8 Å². The van der Waals surface area contributed by atoms with Crippen molar-refractivity contribution in [2.75, 3.05) is 40.9 Å². The molecule has 2 N–H and O–H groups in total. The molecule has 0 aliphatic heterocycles. The van der Waals surface area contributed by atoms with Crippen LogP contribution < -0.4 is 10.2 Å². The van der Waals surface area contributed by atoms with Crippen LogP contribution in [0.25, 0.3) is 0 Å². The second-order valence-electron chi connectivity index (χ2n) is 15.0. The number of phosphoric ester groups is 1. The van der Waals surface area contributed by atoms with Gasteiger partial charge in [0.1, 0.15) is 13.2 Å². The first kappa shape index (κ1) is 46.5. The Morgan fingerprint density at radius 2 is 1.04 bits per heavy atom. The topological polar surface area (TPSA) is 108 Å². The highest BCUT2D eigenvalue weighted by Gasteiger charge is 2.24. The predicted molar refractivity (Wildman–Crippen MR) is 196 cm³/mol. The number of rotatable bonds is 36. The fourth-order valence-electron chi connectivity index (χ4n) is 5.86. The van der Waals surface area contributed by atoms with Crippen LogP contribution in [0.15, 0.2) is 0 Å². The van der Waals surface area contributed by atoms with E-state index in [0.717, 1.165) is 38.5 Å². The van der Waals surface area contributed by atoms with E-state index >= 15 is 0 Å². The third-order valence-corrected chi connectivity index (χ3v) is 10.1. The quantitative estimate of drug-likeness (QED) is 0.0385. The molecule has 1 unspecified atom stereocenters. The molecular weight excluding hydrogens is 611 g/mol. The number of hydrogen-bond acceptors (Lipinski definition) is 6. The minimum atomic E-state index is -4.55. The molecule has 0 radical (unpaired) electrons. The number of unbranched alkanes of at least 4 members (excludes halogenated alkanes) is 23. The number of carbonyl (C=O) groups excluding carboxylic acids is 1. The fraction of sp³-hybridized carbons (Fsp3) is 0.974. The molecule has 9 heteroatoms. The highest BCUT2D eigenvalue weighted by Crippen LogP contribution is 2.38. The second-order valence-corrected chi connectivity index (χ2v) is 16.4. The molecule has 0 spiro atoms. The molecule has 0 aromatic rings. The molecule has 0 heterocycles. The van der Waals surface area contributed by atoms with E-state index in [0.29, 0.717) is 23.9 Å². The SMILES string of the molecule is CCCCCCCCCCCCCCCCCC[C@@H](O)[C@H](COP(=O)([O-])OCC[N+](C)(C)C)NC(=O)CCCCCCCCCCC. The van der Waals surface area contributed by atoms with E-state index in [9.17, 15) is 19.4 Å². The van der Waals surface area contributed by atoms with Gasteiger partial charge in [-0.3, -0.25) is 9.36 Å². The summed E-state index contributed by atoms with van der Waals surface area (Å²) in [6.07, 6.45) is 31.0. The summed E-state index contributed by atoms with van der Waals surface area (Å²) >= 11 is 0. The van der Waals surface area contributed by atoms with Gasteiger partial charge in [0.2, 0.25) is 5.91 Å². The van der Waals surface area contributed by atoms with Gasteiger partial charge in [-0.25, -0.2) is 0 Å². The molecule has 8 nitrogen and oxygen atoms in total. The van der Waals surface area contributed by atoms with Crippen molar-refractivity contribution in [2.45, 2.75) is 199 Å². The van der Waals surface area contributed by atoms with Crippen molar-refractivity contribution in [1.82, 2.24) is 5.32 Å². The van der Waals surface area contributed by atoms with E-state index in [2.05, 4.69) is 19.2 Å². The van der Waals surface area contributed by atoms with E-state index in [1.165, 1.54) is 122 Å². The number of nitrogens with zero attached hydrogens (tertiary/aromatic N) is 1. The van der Waals surface area contributed by atoms with Crippen LogP contribution in [0, 0.1) is 0 Å². The van der Waals surface area contributed by atoms with Gasteiger partial charge < -0.3 is 28.8 Å². The van der Waals surface area contributed by atoms with Crippen LogP contribution in [0.1, 0.15) is 187 Å². The van der Waals surface area contributed by atoms with Crippen molar-refractivity contribution in [3.05, 3.63) is 0 Å². The lowest BCUT2D eigenvalue weighted by atomic mass is 10.0. The number of quaternary nitrogens is 1. The lowest BCUT2D eigenvalue weighted by molar-refractivity contribution is -0.870. The van der Waals surface area contributed by atoms with Gasteiger partial charge >= 0.3 is 0 Å². The molecule has 0 saturated heterocycles. The van der Waals surface area contributed by atoms with Crippen molar-refractivity contribution in [3.8, 4) is 0 Å². The Bertz CT molecular complexity index is 748. The first-order valence-corrected chi connectivity index (χ1v) is 21.3. The monoisotopic (exact) mass is 691 g/mol. The van der Waals surface area contributed by atoms with Crippen LogP contribution in [-0.2, 0) is 18.4 Å². The van der Waals surface area contributed by atoms with Crippen molar-refractivity contribution in [1.29, 1.82) is 0 Å². The molecule has 3 atom stereocenters. The largest absolute Gasteiger partial charge is 0.756 e. The molecule has 0 fully saturated rings. The molecule has 0 aliphatic rings. The summed E-state index contributed by atoms with van der Waals surface area (Å²) in [5.41, 5.74) is 0. The number of nitrogens with one attached hydrogen (secondary N) is 1. The summed E-state index contributed by atoms with van der Waals surface area (Å²) in [4.78, 5) is 25.1. The van der Waals surface area contributed by atoms with Crippen LogP contribution in [0.2, 0.25) is 0 Å². The summed E-state index contributed by atoms with van der Waals surface area (Å²) < 4.78 is 23.1. The Balaban J connectivity index is 4.37. The standard InChI is InChI=1S/C38H79N2O6P/c1-6-8-10-12-14-16-17-18-19-20-21-22-24-25-27-29-31-37(41)36(35-46-47(43,44)45-34-33-40(3,4)5)39-38(42)32-30-28-26-23-15-13-11-9-7-2/h36-37,41H,6-35H2,1-5H3,(H-,39,42,43,44)/t36-,37+/m0/s1. The number of hydrogen-bond donors (Lipinski definition) is 2. The molecule has 0 saturated carbocycles. The van der Waals surface area contributed by atoms with Gasteiger partial charge in [0.15, 0.2) is 0 Å². The van der Waals surface area contributed by atoms with Gasteiger partial charge in [0.25, 0.3) is 7.82 Å². The average molecular weight is 691 g/mol. The number of aliphatic hydroxyl groups is 1. The Labute approximate surface area is 291 Å². The lowest BCUT2D eigenvalue weighted by Gasteiger charge is -2.30. The van der Waals surface area contributed by atoms with Crippen molar-refractivity contribution in [2.24, 2.45) is 0 Å². The molecule has 1 amide bonds. The van der Waals surface area contributed by atoms with Crippen LogP contribution in [-0.4, -0.2) is 68.5 Å². The maximum Gasteiger partial charge on any atom is 0.268 e. The average Bonchev–Trinajstić information content (AvgIpc) is 3.01. The maximum absolute atomic E-state index is 12.7. The van der Waals surface area contributed by atoms with Crippen LogP contribution in [0.4, 0.5) is 0 Å². The summed E-state index contributed by atoms with van der Waals surface area (Å²) in [6.45, 7) is 4.69. The predicted octanol–water partition coefficient (Wildman–Crippen LogP) is 9.61. The minimum Gasteiger partial charge on any atom is -0.756 e. The molecule has 0 aliphatic carbocycles. The molecule has 47 heavy (non-hydrogen) atoms. The first-order valence-electron chi connectivity index (χ1n) is 19.9. The van der Waals surface area contributed by atoms with Crippen molar-refractivity contribution in [3.63, 3.8) is 0 Å². The van der Waals surface area contributed by atoms with Gasteiger partial charge in [-0.2, -0.15) is 0 Å². The molecule has 282 valence electrons. The van der Waals surface area contributed by atoms with Crippen LogP contribution in [0.5, 0.6) is 0 Å². The second kappa shape index (κ2) is 31.5. The van der Waals surface area contributed by atoms with Gasteiger partial charge in [-0.15, -0.1) is 0 Å². The molecule has 0 aromatic carbocycles. The number of phosphoric acid groups is 1. The summed E-state index contributed by atoms with van der Waals surface area (Å²) in [6, 6.07) is -0.790. The van der Waals surface area contributed by atoms with E-state index < -0.39 is 20.0 Å². The van der Waals surface area contributed by atoms with E-state index in [1.807, 2.05) is 21.1 Å². The first-order chi connectivity index (χ1) is 22.5. The molecule has 0 aromatic heterocycles. The minimum absolute atomic E-state index is 0.0155. The zero-order valence-corrected chi connectivity index (χ0v) is 32.6. The van der Waals surface area contributed by atoms with E-state index in [1.54, 1.807) is 0 Å². The van der Waals surface area contributed by atoms with Gasteiger partial charge in [-0.1, -0.05) is 168 Å². The summed E-state index contributed by atoms with van der Waals surface area (Å²) in [5.74, 6) is -0.167. The number of aliphatic hydroxyl groups excluding tert-OH is 1. The normalized spacial score (nSPS) is 14.6. The summed E-state index contributed by atoms with van der Waals surface area (Å²) in [7, 11) is 1.31. The number of amides is 1. The lowest BCUT2D eigenvalue weighted by Crippen LogP contribution is -2.46. The Morgan fingerprint density at radius 3 is 1.45 bits per heavy atom. The highest BCUT2D eigenvalue weighted by atomic mass is 31.2. The Kier molecular flexibility index (Phi) is 31.1. The molecular formula is C38H79N2O6P. The Morgan fingerprint density at radius 1 is 0.660 bits per heavy atom. The third kappa shape index (κ3) is 33.8. The zero-order valence-electron chi connectivity index (χ0n) is 31.8. The highest BCUT2D eigenvalue weighted by molar-refractivity contribution is 7.45. The number of carbonyl (C=O) groups is 1. The molecule has 0 bridgehead atoms. The van der Waals surface area contributed by atoms with Crippen molar-refractivity contribution >= 4 is 13.7 Å². The van der Waals surface area contributed by atoms with Crippen LogP contribution >= 0.6 is 7.82 Å². The van der Waals surface area contributed by atoms with Gasteiger partial charge in [0.05, 0.1) is 39.9 Å². The van der Waals surface area contributed by atoms with Gasteiger partial charge in [0, 0.05) is 6.42 Å². The third-order valence-electron chi connectivity index (χ3n) is 9.10. The maximum atomic E-state index is 12.7. The zero-order chi connectivity index (χ0) is 35.1. The molecule has 0 rings (SSSR count). The van der Waals surface area contributed by atoms with Crippen LogP contribution in [0.3, 0.4) is 0 Å². The number of likely N-dealkylation sites (N-methyl/N-ethyl adjacent to an activating group) is 1.